The molecule has 122 valence electrons. The Bertz CT molecular complexity index is 530. The fraction of sp³-hybridized carbons (Fsp3) is 0.579. The van der Waals surface area contributed by atoms with Crippen LogP contribution in [0.4, 0.5) is 0 Å². The summed E-state index contributed by atoms with van der Waals surface area (Å²) in [5.74, 6) is 1.19. The van der Waals surface area contributed by atoms with Crippen molar-refractivity contribution >= 4 is 10.0 Å². The van der Waals surface area contributed by atoms with E-state index in [0.29, 0.717) is 17.1 Å². The van der Waals surface area contributed by atoms with E-state index in [1.165, 1.54) is 4.90 Å². The highest BCUT2D eigenvalue weighted by atomic mass is 32.3. The first-order valence-corrected chi connectivity index (χ1v) is 10.7. The Kier molecular flexibility index (Phi) is 4.17. The quantitative estimate of drug-likeness (QED) is 0.821. The Morgan fingerprint density at radius 2 is 1.27 bits per heavy atom. The second kappa shape index (κ2) is 5.70. The van der Waals surface area contributed by atoms with Crippen molar-refractivity contribution in [1.29, 1.82) is 0 Å². The lowest BCUT2D eigenvalue weighted by atomic mass is 9.76. The van der Waals surface area contributed by atoms with Gasteiger partial charge in [0.15, 0.2) is 0 Å². The monoisotopic (exact) mass is 320 g/mol. The van der Waals surface area contributed by atoms with E-state index in [1.54, 1.807) is 12.2 Å². The molecule has 1 aromatic carbocycles. The maximum atomic E-state index is 10.5. The van der Waals surface area contributed by atoms with Crippen molar-refractivity contribution < 1.29 is 10.2 Å². The molecule has 2 N–H and O–H groups in total. The van der Waals surface area contributed by atoms with Crippen LogP contribution in [0.3, 0.4) is 0 Å². The molecule has 22 heavy (non-hydrogen) atoms. The zero-order chi connectivity index (χ0) is 16.1. The van der Waals surface area contributed by atoms with E-state index < -0.39 is 22.2 Å². The van der Waals surface area contributed by atoms with Crippen molar-refractivity contribution in [1.82, 2.24) is 0 Å². The zero-order valence-corrected chi connectivity index (χ0v) is 14.7. The minimum absolute atomic E-state index is 0.176. The van der Waals surface area contributed by atoms with Crippen LogP contribution in [0.2, 0.25) is 0 Å². The summed E-state index contributed by atoms with van der Waals surface area (Å²) >= 11 is 0. The van der Waals surface area contributed by atoms with Gasteiger partial charge in [-0.2, -0.15) is 0 Å². The highest BCUT2D eigenvalue weighted by Gasteiger charge is 2.55. The number of fused-ring (bicyclic) bond motifs is 1. The minimum Gasteiger partial charge on any atom is -0.389 e. The molecule has 0 bridgehead atoms. The van der Waals surface area contributed by atoms with Gasteiger partial charge in [0, 0.05) is 0 Å². The molecule has 3 rings (SSSR count). The number of aliphatic hydroxyl groups excluding tert-OH is 2. The summed E-state index contributed by atoms with van der Waals surface area (Å²) in [6.07, 6.45) is 7.54. The van der Waals surface area contributed by atoms with Gasteiger partial charge >= 0.3 is 0 Å². The lowest BCUT2D eigenvalue weighted by Crippen LogP contribution is -2.38. The number of aliphatic hydroxyl groups is 2. The lowest BCUT2D eigenvalue weighted by Gasteiger charge is -2.44. The van der Waals surface area contributed by atoms with Crippen LogP contribution in [0.1, 0.15) is 13.8 Å². The zero-order valence-electron chi connectivity index (χ0n) is 13.9. The van der Waals surface area contributed by atoms with Gasteiger partial charge in [-0.25, -0.2) is 10.0 Å². The Hall–Kier alpha value is -0.770. The van der Waals surface area contributed by atoms with E-state index in [0.717, 1.165) is 0 Å². The van der Waals surface area contributed by atoms with Crippen LogP contribution < -0.4 is 0 Å². The fourth-order valence-corrected chi connectivity index (χ4v) is 8.86. The molecule has 2 aliphatic carbocycles. The normalized spacial score (nSPS) is 42.2. The van der Waals surface area contributed by atoms with Crippen molar-refractivity contribution in [2.45, 2.75) is 36.2 Å². The Morgan fingerprint density at radius 1 is 0.818 bits per heavy atom. The molecule has 0 saturated heterocycles. The molecule has 3 unspecified atom stereocenters. The highest BCUT2D eigenvalue weighted by molar-refractivity contribution is 8.33. The molecule has 0 aromatic heterocycles. The fourth-order valence-electron chi connectivity index (χ4n) is 5.18. The van der Waals surface area contributed by atoms with Gasteiger partial charge in [-0.15, -0.1) is 0 Å². The Balaban J connectivity index is 1.99. The van der Waals surface area contributed by atoms with Gasteiger partial charge in [0.1, 0.15) is 0 Å². The van der Waals surface area contributed by atoms with E-state index in [-0.39, 0.29) is 11.8 Å². The molecule has 7 atom stereocenters. The van der Waals surface area contributed by atoms with Crippen LogP contribution in [0.15, 0.2) is 47.4 Å². The summed E-state index contributed by atoms with van der Waals surface area (Å²) in [7, 11) is -0.992. The molecular formula is C19H28O2S. The molecule has 1 fully saturated rings. The van der Waals surface area contributed by atoms with Crippen LogP contribution in [0, 0.1) is 23.7 Å². The first-order valence-electron chi connectivity index (χ1n) is 8.17. The van der Waals surface area contributed by atoms with Gasteiger partial charge < -0.3 is 10.2 Å². The van der Waals surface area contributed by atoms with Gasteiger partial charge in [-0.1, -0.05) is 56.3 Å². The summed E-state index contributed by atoms with van der Waals surface area (Å²) in [6.45, 7) is 4.55. The minimum atomic E-state index is -0.992. The van der Waals surface area contributed by atoms with Crippen molar-refractivity contribution in [3.63, 3.8) is 0 Å². The van der Waals surface area contributed by atoms with Crippen LogP contribution >= 0.6 is 10.0 Å². The number of hydrogen-bond acceptors (Lipinski definition) is 2. The SMILES string of the molecule is CC1C(S(C)(C)c2ccccc2)C(C)[C@H]2[C@@H]1[C@@H](O)C=C[C@H]2O. The third kappa shape index (κ3) is 2.34. The molecular weight excluding hydrogens is 292 g/mol. The second-order valence-electron chi connectivity index (χ2n) is 7.42. The van der Waals surface area contributed by atoms with Crippen molar-refractivity contribution in [2.24, 2.45) is 23.7 Å². The predicted molar refractivity (Wildman–Crippen MR) is 94.4 cm³/mol. The summed E-state index contributed by atoms with van der Waals surface area (Å²) in [6, 6.07) is 10.8. The van der Waals surface area contributed by atoms with Gasteiger partial charge in [-0.3, -0.25) is 0 Å². The van der Waals surface area contributed by atoms with Gasteiger partial charge in [0.05, 0.1) is 12.2 Å². The molecule has 2 aliphatic rings. The first-order chi connectivity index (χ1) is 10.4. The van der Waals surface area contributed by atoms with Crippen molar-refractivity contribution in [3.8, 4) is 0 Å². The van der Waals surface area contributed by atoms with E-state index in [9.17, 15) is 10.2 Å². The van der Waals surface area contributed by atoms with Gasteiger partial charge in [0.25, 0.3) is 0 Å². The molecule has 3 heteroatoms. The van der Waals surface area contributed by atoms with E-state index in [4.69, 9.17) is 0 Å². The number of benzene rings is 1. The molecule has 0 aliphatic heterocycles. The maximum Gasteiger partial charge on any atom is 0.0756 e. The number of hydrogen-bond donors (Lipinski definition) is 2. The van der Waals surface area contributed by atoms with Gasteiger partial charge in [0.2, 0.25) is 0 Å². The molecule has 0 heterocycles. The molecule has 0 amide bonds. The third-order valence-corrected chi connectivity index (χ3v) is 9.73. The largest absolute Gasteiger partial charge is 0.389 e. The molecule has 1 aromatic rings. The second-order valence-corrected chi connectivity index (χ2v) is 11.2. The van der Waals surface area contributed by atoms with Crippen molar-refractivity contribution in [2.75, 3.05) is 12.5 Å². The topological polar surface area (TPSA) is 40.5 Å². The first kappa shape index (κ1) is 16.1. The summed E-state index contributed by atoms with van der Waals surface area (Å²) in [5.41, 5.74) is 0. The molecule has 0 spiro atoms. The average molecular weight is 320 g/mol. The molecule has 1 saturated carbocycles. The Morgan fingerprint density at radius 3 is 1.73 bits per heavy atom. The lowest BCUT2D eigenvalue weighted by molar-refractivity contribution is 0.0246. The molecule has 0 radical (unpaired) electrons. The van der Waals surface area contributed by atoms with E-state index in [1.807, 2.05) is 0 Å². The predicted octanol–water partition coefficient (Wildman–Crippen LogP) is 3.29. The summed E-state index contributed by atoms with van der Waals surface area (Å²) in [4.78, 5) is 1.43. The van der Waals surface area contributed by atoms with Crippen LogP contribution in [-0.4, -0.2) is 40.2 Å². The summed E-state index contributed by atoms with van der Waals surface area (Å²) in [5, 5.41) is 21.4. The average Bonchev–Trinajstić information content (AvgIpc) is 2.77. The number of rotatable bonds is 2. The highest BCUT2D eigenvalue weighted by Crippen LogP contribution is 2.65. The van der Waals surface area contributed by atoms with Crippen molar-refractivity contribution in [3.05, 3.63) is 42.5 Å². The third-order valence-electron chi connectivity index (χ3n) is 6.02. The Labute approximate surface area is 135 Å². The standard InChI is InChI=1S/C19H28O2S/c1-12-17-15(20)10-11-16(21)18(17)13(2)19(12)22(3,4)14-8-6-5-7-9-14/h5-13,15-21H,1-4H3/t12?,13?,15-,16+,17-,18+,19?. The van der Waals surface area contributed by atoms with Crippen LogP contribution in [0.5, 0.6) is 0 Å². The van der Waals surface area contributed by atoms with E-state index >= 15 is 0 Å². The van der Waals surface area contributed by atoms with Gasteiger partial charge in [-0.05, 0) is 46.3 Å². The smallest absolute Gasteiger partial charge is 0.0756 e. The maximum absolute atomic E-state index is 10.5. The van der Waals surface area contributed by atoms with Crippen LogP contribution in [0.25, 0.3) is 0 Å². The van der Waals surface area contributed by atoms with E-state index in [2.05, 4.69) is 56.7 Å². The summed E-state index contributed by atoms with van der Waals surface area (Å²) < 4.78 is 0. The van der Waals surface area contributed by atoms with Crippen LogP contribution in [-0.2, 0) is 0 Å². The molecule has 2 nitrogen and oxygen atoms in total.